The summed E-state index contributed by atoms with van der Waals surface area (Å²) in [5.74, 6) is 0. The predicted molar refractivity (Wildman–Crippen MR) is 72.4 cm³/mol. The molecule has 2 nitrogen and oxygen atoms in total. The molecule has 0 unspecified atom stereocenters. The Morgan fingerprint density at radius 2 is 1.95 bits per heavy atom. The molecule has 2 aromatic rings. The molecule has 0 saturated carbocycles. The lowest BCUT2D eigenvalue weighted by Gasteiger charge is -2.11. The van der Waals surface area contributed by atoms with Crippen molar-refractivity contribution < 1.29 is 13.2 Å². The molecular weight excluding hydrogens is 285 g/mol. The van der Waals surface area contributed by atoms with Crippen molar-refractivity contribution in [3.63, 3.8) is 0 Å². The van der Waals surface area contributed by atoms with Gasteiger partial charge in [-0.15, -0.1) is 0 Å². The van der Waals surface area contributed by atoms with E-state index < -0.39 is 11.7 Å². The molecule has 0 radical (unpaired) electrons. The third-order valence-electron chi connectivity index (χ3n) is 2.78. The molecule has 0 bridgehead atoms. The van der Waals surface area contributed by atoms with Crippen LogP contribution in [0.3, 0.4) is 0 Å². The maximum atomic E-state index is 12.5. The maximum absolute atomic E-state index is 12.5. The molecule has 1 aromatic carbocycles. The van der Waals surface area contributed by atoms with Gasteiger partial charge in [-0.1, -0.05) is 30.0 Å². The van der Waals surface area contributed by atoms with Gasteiger partial charge in [0.1, 0.15) is 5.03 Å². The van der Waals surface area contributed by atoms with E-state index in [9.17, 15) is 13.2 Å². The molecule has 0 amide bonds. The van der Waals surface area contributed by atoms with Gasteiger partial charge in [0.2, 0.25) is 0 Å². The van der Waals surface area contributed by atoms with E-state index in [0.717, 1.165) is 28.3 Å². The van der Waals surface area contributed by atoms with Crippen LogP contribution in [-0.4, -0.2) is 4.98 Å². The van der Waals surface area contributed by atoms with Crippen LogP contribution < -0.4 is 5.73 Å². The summed E-state index contributed by atoms with van der Waals surface area (Å²) >= 11 is 1.33. The van der Waals surface area contributed by atoms with Gasteiger partial charge in [-0.25, -0.2) is 4.98 Å². The fourth-order valence-electron chi connectivity index (χ4n) is 1.73. The molecule has 2 N–H and O–H groups in total. The van der Waals surface area contributed by atoms with Crippen molar-refractivity contribution >= 4 is 11.8 Å². The molecule has 1 heterocycles. The van der Waals surface area contributed by atoms with E-state index in [1.807, 2.05) is 25.1 Å². The van der Waals surface area contributed by atoms with Gasteiger partial charge in [0.25, 0.3) is 0 Å². The first-order valence-electron chi connectivity index (χ1n) is 5.91. The first kappa shape index (κ1) is 14.9. The molecule has 0 aliphatic rings. The number of halogens is 3. The molecule has 106 valence electrons. The zero-order chi connectivity index (χ0) is 14.8. The van der Waals surface area contributed by atoms with Crippen LogP contribution in [0.2, 0.25) is 0 Å². The smallest absolute Gasteiger partial charge is 0.326 e. The fourth-order valence-corrected chi connectivity index (χ4v) is 2.70. The van der Waals surface area contributed by atoms with Gasteiger partial charge in [0, 0.05) is 17.6 Å². The summed E-state index contributed by atoms with van der Waals surface area (Å²) in [6, 6.07) is 8.16. The van der Waals surface area contributed by atoms with Gasteiger partial charge in [-0.3, -0.25) is 0 Å². The molecule has 0 saturated heterocycles. The number of pyridine rings is 1. The lowest BCUT2D eigenvalue weighted by atomic mass is 10.1. The molecular formula is C14H13F3N2S. The molecule has 0 fully saturated rings. The Balaban J connectivity index is 2.27. The first-order valence-corrected chi connectivity index (χ1v) is 6.73. The van der Waals surface area contributed by atoms with Crippen LogP contribution >= 0.6 is 11.8 Å². The number of rotatable bonds is 3. The Kier molecular flexibility index (Phi) is 4.35. The first-order chi connectivity index (χ1) is 9.41. The summed E-state index contributed by atoms with van der Waals surface area (Å²) < 4.78 is 37.4. The molecule has 20 heavy (non-hydrogen) atoms. The van der Waals surface area contributed by atoms with Crippen molar-refractivity contribution in [3.05, 3.63) is 53.2 Å². The topological polar surface area (TPSA) is 38.9 Å². The van der Waals surface area contributed by atoms with Crippen molar-refractivity contribution in [1.82, 2.24) is 4.98 Å². The van der Waals surface area contributed by atoms with Crippen LogP contribution in [0.5, 0.6) is 0 Å². The number of aryl methyl sites for hydroxylation is 1. The van der Waals surface area contributed by atoms with Crippen molar-refractivity contribution in [2.24, 2.45) is 5.73 Å². The van der Waals surface area contributed by atoms with E-state index >= 15 is 0 Å². The van der Waals surface area contributed by atoms with Gasteiger partial charge < -0.3 is 5.73 Å². The highest BCUT2D eigenvalue weighted by atomic mass is 32.2. The van der Waals surface area contributed by atoms with E-state index in [2.05, 4.69) is 4.98 Å². The highest BCUT2D eigenvalue weighted by molar-refractivity contribution is 7.99. The summed E-state index contributed by atoms with van der Waals surface area (Å²) in [6.45, 7) is 2.32. The molecule has 6 heteroatoms. The molecule has 0 atom stereocenters. The van der Waals surface area contributed by atoms with E-state index in [0.29, 0.717) is 11.6 Å². The van der Waals surface area contributed by atoms with Gasteiger partial charge in [0.05, 0.1) is 5.56 Å². The standard InChI is InChI=1S/C14H13F3N2S/c1-9-3-2-4-10(7-18)13(9)20-12-6-5-11(8-19-12)14(15,16)17/h2-6,8H,7,18H2,1H3. The number of alkyl halides is 3. The largest absolute Gasteiger partial charge is 0.417 e. The second-order valence-electron chi connectivity index (χ2n) is 4.25. The second-order valence-corrected chi connectivity index (χ2v) is 5.28. The Bertz CT molecular complexity index is 594. The van der Waals surface area contributed by atoms with E-state index in [-0.39, 0.29) is 0 Å². The monoisotopic (exact) mass is 298 g/mol. The van der Waals surface area contributed by atoms with Crippen molar-refractivity contribution in [1.29, 1.82) is 0 Å². The minimum Gasteiger partial charge on any atom is -0.326 e. The van der Waals surface area contributed by atoms with E-state index in [4.69, 9.17) is 5.73 Å². The highest BCUT2D eigenvalue weighted by Crippen LogP contribution is 2.34. The van der Waals surface area contributed by atoms with Gasteiger partial charge in [-0.2, -0.15) is 13.2 Å². The molecule has 0 spiro atoms. The van der Waals surface area contributed by atoms with Gasteiger partial charge >= 0.3 is 6.18 Å². The quantitative estimate of drug-likeness (QED) is 0.930. The molecule has 1 aromatic heterocycles. The van der Waals surface area contributed by atoms with E-state index in [1.54, 1.807) is 0 Å². The van der Waals surface area contributed by atoms with Crippen LogP contribution in [0.4, 0.5) is 13.2 Å². The number of aromatic nitrogens is 1. The average molecular weight is 298 g/mol. The minimum absolute atomic E-state index is 0.380. The fraction of sp³-hybridized carbons (Fsp3) is 0.214. The third-order valence-corrected chi connectivity index (χ3v) is 4.02. The van der Waals surface area contributed by atoms with Crippen molar-refractivity contribution in [2.45, 2.75) is 29.6 Å². The van der Waals surface area contributed by atoms with Crippen molar-refractivity contribution in [2.75, 3.05) is 0 Å². The summed E-state index contributed by atoms with van der Waals surface area (Å²) in [7, 11) is 0. The summed E-state index contributed by atoms with van der Waals surface area (Å²) in [5, 5.41) is 0.516. The van der Waals surface area contributed by atoms with Crippen LogP contribution in [0, 0.1) is 6.92 Å². The van der Waals surface area contributed by atoms with Crippen LogP contribution in [-0.2, 0) is 12.7 Å². The maximum Gasteiger partial charge on any atom is 0.417 e. The number of benzene rings is 1. The lowest BCUT2D eigenvalue weighted by molar-refractivity contribution is -0.137. The normalized spacial score (nSPS) is 11.7. The Morgan fingerprint density at radius 3 is 2.50 bits per heavy atom. The second kappa shape index (κ2) is 5.85. The third kappa shape index (κ3) is 3.32. The highest BCUT2D eigenvalue weighted by Gasteiger charge is 2.30. The number of nitrogens with zero attached hydrogens (tertiary/aromatic N) is 1. The predicted octanol–water partition coefficient (Wildman–Crippen LogP) is 4.02. The molecule has 0 aliphatic carbocycles. The summed E-state index contributed by atoms with van der Waals surface area (Å²) in [5.41, 5.74) is 6.91. The lowest BCUT2D eigenvalue weighted by Crippen LogP contribution is -2.05. The van der Waals surface area contributed by atoms with Gasteiger partial charge in [-0.05, 0) is 30.2 Å². The SMILES string of the molecule is Cc1cccc(CN)c1Sc1ccc(C(F)(F)F)cn1. The van der Waals surface area contributed by atoms with Crippen LogP contribution in [0.1, 0.15) is 16.7 Å². The zero-order valence-corrected chi connectivity index (χ0v) is 11.6. The number of hydrogen-bond acceptors (Lipinski definition) is 3. The summed E-state index contributed by atoms with van der Waals surface area (Å²) in [6.07, 6.45) is -3.51. The number of hydrogen-bond donors (Lipinski definition) is 1. The van der Waals surface area contributed by atoms with Crippen LogP contribution in [0.15, 0.2) is 46.5 Å². The average Bonchev–Trinajstić information content (AvgIpc) is 2.40. The number of nitrogens with two attached hydrogens (primary N) is 1. The zero-order valence-electron chi connectivity index (χ0n) is 10.7. The van der Waals surface area contributed by atoms with Crippen LogP contribution in [0.25, 0.3) is 0 Å². The van der Waals surface area contributed by atoms with Crippen molar-refractivity contribution in [3.8, 4) is 0 Å². The summed E-state index contributed by atoms with van der Waals surface area (Å²) in [4.78, 5) is 4.81. The molecule has 2 rings (SSSR count). The Morgan fingerprint density at radius 1 is 1.20 bits per heavy atom. The Labute approximate surface area is 119 Å². The van der Waals surface area contributed by atoms with Gasteiger partial charge in [0.15, 0.2) is 0 Å². The van der Waals surface area contributed by atoms with E-state index in [1.165, 1.54) is 17.8 Å². The minimum atomic E-state index is -4.36. The molecule has 0 aliphatic heterocycles. The Hall–Kier alpha value is -1.53.